The summed E-state index contributed by atoms with van der Waals surface area (Å²) in [6, 6.07) is 0. The maximum atomic E-state index is 8.24. The van der Waals surface area contributed by atoms with Gasteiger partial charge in [-0.05, 0) is 24.3 Å². The molecule has 0 aromatic heterocycles. The molecule has 0 saturated carbocycles. The fourth-order valence-corrected chi connectivity index (χ4v) is 0. The summed E-state index contributed by atoms with van der Waals surface area (Å²) in [4.78, 5) is 32.9. The van der Waals surface area contributed by atoms with E-state index in [0.29, 0.717) is 24.3 Å². The molecule has 0 aliphatic carbocycles. The van der Waals surface area contributed by atoms with E-state index in [1.165, 1.54) is 0 Å². The minimum Gasteiger partial charge on any atom is -0.724 e. The quantitative estimate of drug-likeness (QED) is 0.422. The monoisotopic (exact) mass is 363 g/mol. The van der Waals surface area contributed by atoms with Gasteiger partial charge >= 0.3 is 21.1 Å². The molecule has 0 aliphatic rings. The molecule has 0 aromatic rings. The van der Waals surface area contributed by atoms with Crippen LogP contribution >= 0.6 is 0 Å². The maximum Gasteiger partial charge on any atom is 4.00 e. The fraction of sp³-hybridized carbons (Fsp3) is 0. The Balaban J connectivity index is -0.0000000213. The van der Waals surface area contributed by atoms with E-state index in [2.05, 4.69) is 0 Å². The van der Waals surface area contributed by atoms with Crippen molar-refractivity contribution in [2.75, 3.05) is 0 Å². The third kappa shape index (κ3) is 214. The molecule has 0 atom stereocenters. The van der Waals surface area contributed by atoms with E-state index in [9.17, 15) is 0 Å². The normalized spacial score (nSPS) is 2.46. The summed E-state index contributed by atoms with van der Waals surface area (Å²) in [7, 11) is 0. The van der Waals surface area contributed by atoms with Gasteiger partial charge in [-0.2, -0.15) is 0 Å². The molecule has 0 spiro atoms. The predicted octanol–water partition coefficient (Wildman–Crippen LogP) is -0.436. The molecule has 0 rings (SSSR count). The van der Waals surface area contributed by atoms with E-state index in [-0.39, 0.29) is 21.1 Å². The fourth-order valence-electron chi connectivity index (χ4n) is 0. The Morgan fingerprint density at radius 2 is 0.538 bits per heavy atom. The number of nitrogens with zero attached hydrogens (tertiary/aromatic N) is 4. The first-order valence-corrected chi connectivity index (χ1v) is 1.71. The summed E-state index contributed by atoms with van der Waals surface area (Å²) >= 11 is 0. The Hall–Kier alpha value is -1.79. The predicted molar refractivity (Wildman–Crippen MR) is 36.2 cm³/mol. The van der Waals surface area contributed by atoms with Gasteiger partial charge in [-0.3, -0.25) is 19.2 Å². The molecule has 0 saturated heterocycles. The van der Waals surface area contributed by atoms with Gasteiger partial charge in [0.1, 0.15) is 0 Å². The van der Waals surface area contributed by atoms with Crippen molar-refractivity contribution in [3.63, 3.8) is 0 Å². The third-order valence-corrected chi connectivity index (χ3v) is 0. The van der Waals surface area contributed by atoms with Crippen molar-refractivity contribution >= 4 is 24.3 Å². The van der Waals surface area contributed by atoms with Crippen molar-refractivity contribution in [3.8, 4) is 0 Å². The molecule has 0 aromatic carbocycles. The Morgan fingerprint density at radius 1 is 0.538 bits per heavy atom. The molecule has 0 radical (unpaired) electrons. The van der Waals surface area contributed by atoms with Gasteiger partial charge in [-0.1, -0.05) is 0 Å². The molecule has 0 unspecified atom stereocenters. The summed E-state index contributed by atoms with van der Waals surface area (Å²) in [5.41, 5.74) is 0. The molecule has 0 bridgehead atoms. The van der Waals surface area contributed by atoms with Gasteiger partial charge < -0.3 is 21.6 Å². The van der Waals surface area contributed by atoms with Crippen molar-refractivity contribution in [2.45, 2.75) is 0 Å². The van der Waals surface area contributed by atoms with Crippen LogP contribution in [-0.4, -0.2) is 24.3 Å². The van der Waals surface area contributed by atoms with Crippen molar-refractivity contribution < 1.29 is 40.2 Å². The molecule has 9 heteroatoms. The van der Waals surface area contributed by atoms with Crippen LogP contribution < -0.4 is 0 Å². The molecule has 0 amide bonds. The van der Waals surface area contributed by atoms with Crippen LogP contribution in [0, 0.1) is 0 Å². The van der Waals surface area contributed by atoms with Crippen LogP contribution in [0.4, 0.5) is 0 Å². The van der Waals surface area contributed by atoms with Crippen LogP contribution in [-0.2, 0) is 40.2 Å². The second kappa shape index (κ2) is 177. The molecule has 70 valence electrons. The molecule has 8 nitrogen and oxygen atoms in total. The zero-order valence-electron chi connectivity index (χ0n) is 5.74. The smallest absolute Gasteiger partial charge is 0.724 e. The van der Waals surface area contributed by atoms with E-state index in [4.69, 9.17) is 40.8 Å². The van der Waals surface area contributed by atoms with Gasteiger partial charge in [0, 0.05) is 0 Å². The number of carbonyl (C=O) groups excluding carboxylic acids is 4. The average molecular weight is 363 g/mol. The van der Waals surface area contributed by atoms with Gasteiger partial charge in [0.25, 0.3) is 0 Å². The van der Waals surface area contributed by atoms with E-state index < -0.39 is 0 Å². The van der Waals surface area contributed by atoms with Gasteiger partial charge in [-0.25, -0.2) is 0 Å². The van der Waals surface area contributed by atoms with Crippen LogP contribution in [0.15, 0.2) is 0 Å². The van der Waals surface area contributed by atoms with Crippen molar-refractivity contribution in [2.24, 2.45) is 0 Å². The zero-order valence-corrected chi connectivity index (χ0v) is 8.01. The average Bonchev–Trinajstić information content (AvgIpc) is 1.92. The second-order valence-electron chi connectivity index (χ2n) is 0.365. The molecular formula is C4N4O4Pt. The van der Waals surface area contributed by atoms with E-state index in [1.54, 1.807) is 0 Å². The number of isocyanates is 4. The number of hydrogen-bond acceptors (Lipinski definition) is 4. The van der Waals surface area contributed by atoms with Crippen LogP contribution in [0.25, 0.3) is 21.6 Å². The molecule has 0 N–H and O–H groups in total. The largest absolute Gasteiger partial charge is 4.00 e. The second-order valence-corrected chi connectivity index (χ2v) is 0.365. The van der Waals surface area contributed by atoms with Gasteiger partial charge in [0.2, 0.25) is 0 Å². The summed E-state index contributed by atoms with van der Waals surface area (Å²) < 4.78 is 0. The first-order chi connectivity index (χ1) is 5.66. The first-order valence-electron chi connectivity index (χ1n) is 1.71. The Labute approximate surface area is 86.6 Å². The number of rotatable bonds is 0. The summed E-state index contributed by atoms with van der Waals surface area (Å²) in [6.07, 6.45) is 2.00. The summed E-state index contributed by atoms with van der Waals surface area (Å²) in [6.45, 7) is 0. The van der Waals surface area contributed by atoms with Crippen LogP contribution in [0.5, 0.6) is 0 Å². The maximum absolute atomic E-state index is 8.24. The molecule has 0 heterocycles. The Bertz CT molecular complexity index is 156. The molecule has 13 heavy (non-hydrogen) atoms. The van der Waals surface area contributed by atoms with E-state index in [1.807, 2.05) is 0 Å². The van der Waals surface area contributed by atoms with Crippen molar-refractivity contribution in [1.82, 2.24) is 0 Å². The minimum absolute atomic E-state index is 0. The van der Waals surface area contributed by atoms with E-state index in [0.717, 1.165) is 0 Å². The van der Waals surface area contributed by atoms with Gasteiger partial charge in [0.05, 0.1) is 0 Å². The van der Waals surface area contributed by atoms with Gasteiger partial charge in [0.15, 0.2) is 0 Å². The third-order valence-electron chi connectivity index (χ3n) is 0. The topological polar surface area (TPSA) is 157 Å². The van der Waals surface area contributed by atoms with Crippen LogP contribution in [0.1, 0.15) is 0 Å². The molecular weight excluding hydrogens is 363 g/mol. The SMILES string of the molecule is [N-]=C=O.[N-]=C=O.[N-]=C=O.[N-]=C=O.[Pt+4]. The Kier molecular flexibility index (Phi) is 414. The zero-order chi connectivity index (χ0) is 10.8. The van der Waals surface area contributed by atoms with Crippen LogP contribution in [0.2, 0.25) is 0 Å². The van der Waals surface area contributed by atoms with Crippen molar-refractivity contribution in [3.05, 3.63) is 21.6 Å². The van der Waals surface area contributed by atoms with Crippen LogP contribution in [0.3, 0.4) is 0 Å². The number of hydrogen-bond donors (Lipinski definition) is 0. The van der Waals surface area contributed by atoms with Gasteiger partial charge in [-0.15, -0.1) is 0 Å². The summed E-state index contributed by atoms with van der Waals surface area (Å²) in [5, 5.41) is 27.1. The summed E-state index contributed by atoms with van der Waals surface area (Å²) in [5.74, 6) is 0. The van der Waals surface area contributed by atoms with Crippen molar-refractivity contribution in [1.29, 1.82) is 0 Å². The molecule has 0 aliphatic heterocycles. The van der Waals surface area contributed by atoms with E-state index >= 15 is 0 Å². The first kappa shape index (κ1) is 30.3. The standard InChI is InChI=1S/4CNO.Pt/c4*2-1-3;/q4*-1;+4. The Morgan fingerprint density at radius 3 is 0.538 bits per heavy atom. The molecule has 0 fully saturated rings. The minimum atomic E-state index is 0.